The molecule has 0 aliphatic heterocycles. The van der Waals surface area contributed by atoms with E-state index in [1.54, 1.807) is 12.1 Å². The number of carbonyl (C=O) groups is 1. The minimum absolute atomic E-state index is 0.0536. The maximum atomic E-state index is 12.5. The van der Waals surface area contributed by atoms with Gasteiger partial charge in [0.05, 0.1) is 12.1 Å². The molecule has 176 valence electrons. The number of aryl methyl sites for hydroxylation is 1. The van der Waals surface area contributed by atoms with E-state index in [-0.39, 0.29) is 22.3 Å². The van der Waals surface area contributed by atoms with Gasteiger partial charge < -0.3 is 9.47 Å². The molecule has 0 spiro atoms. The van der Waals surface area contributed by atoms with Crippen molar-refractivity contribution in [2.24, 2.45) is 0 Å². The normalized spacial score (nSPS) is 11.6. The van der Waals surface area contributed by atoms with Crippen LogP contribution in [0, 0.1) is 18.3 Å². The molecular weight excluding hydrogens is 500 g/mol. The lowest BCUT2D eigenvalue weighted by Gasteiger charge is -2.14. The number of hydrogen-bond donors (Lipinski definition) is 1. The number of rotatable bonds is 8. The number of carbonyl (C=O) groups excluding carboxylic acids is 1. The fourth-order valence-corrected chi connectivity index (χ4v) is 4.52. The Hall–Kier alpha value is -3.46. The zero-order chi connectivity index (χ0) is 24.9. The number of anilines is 1. The molecule has 1 N–H and O–H groups in total. The Labute approximate surface area is 205 Å². The van der Waals surface area contributed by atoms with E-state index >= 15 is 0 Å². The number of benzene rings is 2. The molecular formula is C22H19ClN4O5S2. The minimum atomic E-state index is -3.62. The quantitative estimate of drug-likeness (QED) is 0.349. The predicted molar refractivity (Wildman–Crippen MR) is 129 cm³/mol. The number of amides is 1. The standard InChI is InChI=1S/C22H19ClN4O5S2/c1-13-5-4-6-14(7-13)12-32-19-17(23)9-15(10-18(19)31-2)8-16(11-24)20(28)25-21-26-22(27-33-21)34(3,29)30/h4-10H,12H2,1-3H3,(H,25,26,27,28). The molecule has 3 rings (SSSR count). The van der Waals surface area contributed by atoms with Crippen LogP contribution >= 0.6 is 23.1 Å². The van der Waals surface area contributed by atoms with Gasteiger partial charge in [-0.15, -0.1) is 0 Å². The number of sulfone groups is 1. The van der Waals surface area contributed by atoms with Crippen LogP contribution < -0.4 is 14.8 Å². The van der Waals surface area contributed by atoms with Crippen molar-refractivity contribution in [1.82, 2.24) is 9.36 Å². The summed E-state index contributed by atoms with van der Waals surface area (Å²) in [6.45, 7) is 2.26. The van der Waals surface area contributed by atoms with Crippen molar-refractivity contribution in [2.75, 3.05) is 18.7 Å². The number of methoxy groups -OCH3 is 1. The summed E-state index contributed by atoms with van der Waals surface area (Å²) in [7, 11) is -2.17. The van der Waals surface area contributed by atoms with Gasteiger partial charge in [0.25, 0.3) is 11.1 Å². The van der Waals surface area contributed by atoms with Gasteiger partial charge in [0.2, 0.25) is 15.0 Å². The van der Waals surface area contributed by atoms with Gasteiger partial charge in [-0.25, -0.2) is 8.42 Å². The lowest BCUT2D eigenvalue weighted by molar-refractivity contribution is -0.112. The van der Waals surface area contributed by atoms with E-state index in [1.807, 2.05) is 31.2 Å². The monoisotopic (exact) mass is 518 g/mol. The highest BCUT2D eigenvalue weighted by Gasteiger charge is 2.18. The number of hydrogen-bond acceptors (Lipinski definition) is 9. The van der Waals surface area contributed by atoms with Crippen molar-refractivity contribution in [2.45, 2.75) is 18.7 Å². The minimum Gasteiger partial charge on any atom is -0.493 e. The van der Waals surface area contributed by atoms with Gasteiger partial charge in [-0.1, -0.05) is 41.4 Å². The second-order valence-corrected chi connectivity index (χ2v) is 10.2. The third-order valence-electron chi connectivity index (χ3n) is 4.35. The summed E-state index contributed by atoms with van der Waals surface area (Å²) in [5.41, 5.74) is 2.22. The summed E-state index contributed by atoms with van der Waals surface area (Å²) in [6, 6.07) is 12.8. The number of aromatic nitrogens is 2. The highest BCUT2D eigenvalue weighted by Crippen LogP contribution is 2.37. The van der Waals surface area contributed by atoms with Gasteiger partial charge in [-0.3, -0.25) is 10.1 Å². The summed E-state index contributed by atoms with van der Waals surface area (Å²) in [4.78, 5) is 16.2. The Morgan fingerprint density at radius 2 is 2.09 bits per heavy atom. The summed E-state index contributed by atoms with van der Waals surface area (Å²) in [6.07, 6.45) is 2.26. The smallest absolute Gasteiger partial charge is 0.268 e. The van der Waals surface area contributed by atoms with Crippen LogP contribution in [0.1, 0.15) is 16.7 Å². The average molecular weight is 519 g/mol. The maximum Gasteiger partial charge on any atom is 0.268 e. The molecule has 0 aliphatic carbocycles. The van der Waals surface area contributed by atoms with E-state index in [0.717, 1.165) is 17.4 Å². The number of nitriles is 1. The molecule has 1 heterocycles. The first-order valence-electron chi connectivity index (χ1n) is 9.63. The topological polar surface area (TPSA) is 131 Å². The van der Waals surface area contributed by atoms with Crippen molar-refractivity contribution in [1.29, 1.82) is 5.26 Å². The molecule has 0 radical (unpaired) electrons. The highest BCUT2D eigenvalue weighted by molar-refractivity contribution is 7.90. The van der Waals surface area contributed by atoms with Crippen molar-refractivity contribution in [3.05, 3.63) is 63.7 Å². The van der Waals surface area contributed by atoms with Crippen LogP contribution in [0.25, 0.3) is 6.08 Å². The Morgan fingerprint density at radius 3 is 2.71 bits per heavy atom. The van der Waals surface area contributed by atoms with Crippen molar-refractivity contribution >= 4 is 50.1 Å². The second-order valence-electron chi connectivity index (χ2n) is 7.09. The Bertz CT molecular complexity index is 1410. The first kappa shape index (κ1) is 25.2. The Morgan fingerprint density at radius 1 is 1.32 bits per heavy atom. The molecule has 0 aliphatic rings. The summed E-state index contributed by atoms with van der Waals surface area (Å²) in [5.74, 6) is -0.132. The van der Waals surface area contributed by atoms with E-state index in [9.17, 15) is 18.5 Å². The zero-order valence-corrected chi connectivity index (χ0v) is 20.7. The molecule has 9 nitrogen and oxygen atoms in total. The highest BCUT2D eigenvalue weighted by atomic mass is 35.5. The van der Waals surface area contributed by atoms with Crippen LogP contribution in [0.3, 0.4) is 0 Å². The molecule has 0 unspecified atom stereocenters. The Kier molecular flexibility index (Phi) is 7.88. The first-order chi connectivity index (χ1) is 16.1. The molecule has 0 saturated heterocycles. The summed E-state index contributed by atoms with van der Waals surface area (Å²) < 4.78 is 37.9. The van der Waals surface area contributed by atoms with E-state index < -0.39 is 20.9 Å². The molecule has 0 fully saturated rings. The van der Waals surface area contributed by atoms with Gasteiger partial charge in [0.15, 0.2) is 11.5 Å². The first-order valence-corrected chi connectivity index (χ1v) is 12.7. The predicted octanol–water partition coefficient (Wildman–Crippen LogP) is 4.04. The molecule has 12 heteroatoms. The third kappa shape index (κ3) is 6.32. The molecule has 3 aromatic rings. The lowest BCUT2D eigenvalue weighted by Crippen LogP contribution is -2.13. The molecule has 0 atom stereocenters. The van der Waals surface area contributed by atoms with Gasteiger partial charge in [0, 0.05) is 17.8 Å². The van der Waals surface area contributed by atoms with E-state index in [4.69, 9.17) is 21.1 Å². The van der Waals surface area contributed by atoms with Crippen LogP contribution in [0.4, 0.5) is 5.13 Å². The molecule has 0 saturated carbocycles. The molecule has 34 heavy (non-hydrogen) atoms. The molecule has 0 bridgehead atoms. The SMILES string of the molecule is COc1cc(C=C(C#N)C(=O)Nc2nc(S(C)(=O)=O)ns2)cc(Cl)c1OCc1cccc(C)c1. The van der Waals surface area contributed by atoms with Crippen molar-refractivity contribution < 1.29 is 22.7 Å². The average Bonchev–Trinajstić information content (AvgIpc) is 3.25. The molecule has 1 amide bonds. The second kappa shape index (κ2) is 10.6. The van der Waals surface area contributed by atoms with Crippen LogP contribution in [0.5, 0.6) is 11.5 Å². The van der Waals surface area contributed by atoms with Gasteiger partial charge in [-0.2, -0.15) is 14.6 Å². The fourth-order valence-electron chi connectivity index (χ4n) is 2.81. The van der Waals surface area contributed by atoms with Gasteiger partial charge >= 0.3 is 0 Å². The fraction of sp³-hybridized carbons (Fsp3) is 0.182. The zero-order valence-electron chi connectivity index (χ0n) is 18.3. The lowest BCUT2D eigenvalue weighted by atomic mass is 10.1. The van der Waals surface area contributed by atoms with E-state index in [0.29, 0.717) is 28.6 Å². The van der Waals surface area contributed by atoms with E-state index in [1.165, 1.54) is 19.3 Å². The maximum absolute atomic E-state index is 12.5. The molecule has 1 aromatic heterocycles. The van der Waals surface area contributed by atoms with Gasteiger partial charge in [0.1, 0.15) is 18.2 Å². The van der Waals surface area contributed by atoms with Crippen molar-refractivity contribution in [3.63, 3.8) is 0 Å². The van der Waals surface area contributed by atoms with Crippen LogP contribution in [-0.2, 0) is 21.2 Å². The van der Waals surface area contributed by atoms with E-state index in [2.05, 4.69) is 14.7 Å². The number of nitrogens with one attached hydrogen (secondary N) is 1. The largest absolute Gasteiger partial charge is 0.493 e. The van der Waals surface area contributed by atoms with Crippen molar-refractivity contribution in [3.8, 4) is 17.6 Å². The summed E-state index contributed by atoms with van der Waals surface area (Å²) in [5, 5.41) is 11.6. The van der Waals surface area contributed by atoms with Crippen LogP contribution in [0.15, 0.2) is 47.1 Å². The number of nitrogens with zero attached hydrogens (tertiary/aromatic N) is 3. The molecule has 2 aromatic carbocycles. The number of halogens is 1. The number of ether oxygens (including phenoxy) is 2. The van der Waals surface area contributed by atoms with Crippen LogP contribution in [0.2, 0.25) is 5.02 Å². The van der Waals surface area contributed by atoms with Crippen LogP contribution in [-0.4, -0.2) is 37.0 Å². The van der Waals surface area contributed by atoms with Gasteiger partial charge in [-0.05, 0) is 36.3 Å². The summed E-state index contributed by atoms with van der Waals surface area (Å²) >= 11 is 7.09. The Balaban J connectivity index is 1.81. The third-order valence-corrected chi connectivity index (χ3v) is 6.23.